The van der Waals surface area contributed by atoms with Gasteiger partial charge in [0.25, 0.3) is 0 Å². The minimum absolute atomic E-state index is 0.272. The van der Waals surface area contributed by atoms with E-state index in [0.717, 1.165) is 12.5 Å². The Labute approximate surface area is 75.4 Å². The summed E-state index contributed by atoms with van der Waals surface area (Å²) in [5.74, 6) is 0.970. The molecular formula is C10H21NO. The van der Waals surface area contributed by atoms with Crippen LogP contribution in [0.15, 0.2) is 0 Å². The largest absolute Gasteiger partial charge is 0.395 e. The Kier molecular flexibility index (Phi) is 4.62. The Morgan fingerprint density at radius 2 is 1.92 bits per heavy atom. The van der Waals surface area contributed by atoms with Crippen molar-refractivity contribution in [2.45, 2.75) is 45.1 Å². The molecule has 1 aliphatic rings. The normalized spacial score (nSPS) is 30.5. The Balaban J connectivity index is 2.09. The van der Waals surface area contributed by atoms with Gasteiger partial charge in [-0.05, 0) is 31.6 Å². The van der Waals surface area contributed by atoms with E-state index in [9.17, 15) is 0 Å². The Bertz CT molecular complexity index is 108. The van der Waals surface area contributed by atoms with Gasteiger partial charge in [-0.2, -0.15) is 0 Å². The first kappa shape index (κ1) is 10.0. The van der Waals surface area contributed by atoms with E-state index >= 15 is 0 Å². The summed E-state index contributed by atoms with van der Waals surface area (Å²) in [7, 11) is 0. The standard InChI is InChI=1S/C10H21NO/c1-2-9-3-5-10(6-4-9)11-7-8-12/h9-12H,2-8H2,1H3. The molecule has 0 atom stereocenters. The molecule has 0 amide bonds. The zero-order valence-corrected chi connectivity index (χ0v) is 8.05. The third-order valence-electron chi connectivity index (χ3n) is 2.97. The van der Waals surface area contributed by atoms with Gasteiger partial charge in [-0.25, -0.2) is 0 Å². The van der Waals surface area contributed by atoms with Crippen LogP contribution in [0.25, 0.3) is 0 Å². The average Bonchev–Trinajstić information content (AvgIpc) is 2.15. The molecule has 72 valence electrons. The van der Waals surface area contributed by atoms with Crippen LogP contribution < -0.4 is 5.32 Å². The number of hydrogen-bond donors (Lipinski definition) is 2. The number of aliphatic hydroxyl groups excluding tert-OH is 1. The molecule has 0 aliphatic heterocycles. The molecule has 0 unspecified atom stereocenters. The molecular weight excluding hydrogens is 150 g/mol. The summed E-state index contributed by atoms with van der Waals surface area (Å²) < 4.78 is 0. The van der Waals surface area contributed by atoms with Gasteiger partial charge in [0.2, 0.25) is 0 Å². The second kappa shape index (κ2) is 5.55. The molecule has 0 aromatic heterocycles. The zero-order valence-electron chi connectivity index (χ0n) is 8.05. The summed E-state index contributed by atoms with van der Waals surface area (Å²) in [6.07, 6.45) is 6.70. The lowest BCUT2D eigenvalue weighted by molar-refractivity contribution is 0.250. The van der Waals surface area contributed by atoms with E-state index in [2.05, 4.69) is 12.2 Å². The third-order valence-corrected chi connectivity index (χ3v) is 2.97. The molecule has 1 saturated carbocycles. The number of hydrogen-bond acceptors (Lipinski definition) is 2. The summed E-state index contributed by atoms with van der Waals surface area (Å²) in [6.45, 7) is 3.32. The maximum Gasteiger partial charge on any atom is 0.0556 e. The second-order valence-corrected chi connectivity index (χ2v) is 3.80. The smallest absolute Gasteiger partial charge is 0.0556 e. The van der Waals surface area contributed by atoms with Gasteiger partial charge < -0.3 is 10.4 Å². The van der Waals surface area contributed by atoms with Crippen molar-refractivity contribution < 1.29 is 5.11 Å². The Morgan fingerprint density at radius 1 is 1.25 bits per heavy atom. The maximum absolute atomic E-state index is 8.63. The van der Waals surface area contributed by atoms with Crippen LogP contribution in [0, 0.1) is 5.92 Å². The van der Waals surface area contributed by atoms with E-state index in [-0.39, 0.29) is 6.61 Å². The van der Waals surface area contributed by atoms with Crippen LogP contribution >= 0.6 is 0 Å². The van der Waals surface area contributed by atoms with Crippen molar-refractivity contribution in [3.05, 3.63) is 0 Å². The lowest BCUT2D eigenvalue weighted by atomic mass is 9.84. The van der Waals surface area contributed by atoms with Crippen molar-refractivity contribution in [3.8, 4) is 0 Å². The van der Waals surface area contributed by atoms with Crippen LogP contribution in [0.1, 0.15) is 39.0 Å². The predicted octanol–water partition coefficient (Wildman–Crippen LogP) is 1.54. The maximum atomic E-state index is 8.63. The Hall–Kier alpha value is -0.0800. The summed E-state index contributed by atoms with van der Waals surface area (Å²) in [4.78, 5) is 0. The highest BCUT2D eigenvalue weighted by molar-refractivity contribution is 4.76. The molecule has 0 spiro atoms. The van der Waals surface area contributed by atoms with Gasteiger partial charge in [0.15, 0.2) is 0 Å². The highest BCUT2D eigenvalue weighted by Crippen LogP contribution is 2.26. The van der Waals surface area contributed by atoms with E-state index in [4.69, 9.17) is 5.11 Å². The lowest BCUT2D eigenvalue weighted by Crippen LogP contribution is -2.34. The lowest BCUT2D eigenvalue weighted by Gasteiger charge is -2.28. The van der Waals surface area contributed by atoms with Gasteiger partial charge in [-0.15, -0.1) is 0 Å². The van der Waals surface area contributed by atoms with E-state index in [1.54, 1.807) is 0 Å². The van der Waals surface area contributed by atoms with Crippen LogP contribution in [0.5, 0.6) is 0 Å². The monoisotopic (exact) mass is 171 g/mol. The van der Waals surface area contributed by atoms with Gasteiger partial charge in [0, 0.05) is 12.6 Å². The van der Waals surface area contributed by atoms with Crippen LogP contribution in [-0.4, -0.2) is 24.3 Å². The van der Waals surface area contributed by atoms with Gasteiger partial charge in [0.1, 0.15) is 0 Å². The van der Waals surface area contributed by atoms with Gasteiger partial charge in [0.05, 0.1) is 6.61 Å². The molecule has 0 radical (unpaired) electrons. The summed E-state index contributed by atoms with van der Waals surface area (Å²) >= 11 is 0. The van der Waals surface area contributed by atoms with Crippen molar-refractivity contribution in [1.29, 1.82) is 0 Å². The van der Waals surface area contributed by atoms with Crippen LogP contribution in [0.3, 0.4) is 0 Å². The van der Waals surface area contributed by atoms with Crippen molar-refractivity contribution in [2.24, 2.45) is 5.92 Å². The number of aliphatic hydroxyl groups is 1. The molecule has 1 fully saturated rings. The summed E-state index contributed by atoms with van der Waals surface area (Å²) in [6, 6.07) is 0.681. The molecule has 1 rings (SSSR count). The van der Waals surface area contributed by atoms with E-state index < -0.39 is 0 Å². The predicted molar refractivity (Wildman–Crippen MR) is 51.1 cm³/mol. The van der Waals surface area contributed by atoms with E-state index in [1.165, 1.54) is 32.1 Å². The van der Waals surface area contributed by atoms with E-state index in [1.807, 2.05) is 0 Å². The molecule has 0 aromatic rings. The minimum atomic E-state index is 0.272. The summed E-state index contributed by atoms with van der Waals surface area (Å²) in [5.41, 5.74) is 0. The fourth-order valence-electron chi connectivity index (χ4n) is 2.04. The van der Waals surface area contributed by atoms with Crippen molar-refractivity contribution in [3.63, 3.8) is 0 Å². The second-order valence-electron chi connectivity index (χ2n) is 3.80. The molecule has 2 N–H and O–H groups in total. The zero-order chi connectivity index (χ0) is 8.81. The molecule has 0 saturated heterocycles. The highest BCUT2D eigenvalue weighted by atomic mass is 16.3. The van der Waals surface area contributed by atoms with Crippen molar-refractivity contribution in [2.75, 3.05) is 13.2 Å². The molecule has 0 bridgehead atoms. The van der Waals surface area contributed by atoms with Crippen LogP contribution in [0.2, 0.25) is 0 Å². The first-order chi connectivity index (χ1) is 5.86. The first-order valence-electron chi connectivity index (χ1n) is 5.21. The molecule has 12 heavy (non-hydrogen) atoms. The quantitative estimate of drug-likeness (QED) is 0.672. The highest BCUT2D eigenvalue weighted by Gasteiger charge is 2.18. The summed E-state index contributed by atoms with van der Waals surface area (Å²) in [5, 5.41) is 12.0. The van der Waals surface area contributed by atoms with Crippen LogP contribution in [-0.2, 0) is 0 Å². The van der Waals surface area contributed by atoms with Crippen molar-refractivity contribution >= 4 is 0 Å². The molecule has 1 aliphatic carbocycles. The van der Waals surface area contributed by atoms with Crippen molar-refractivity contribution in [1.82, 2.24) is 5.32 Å². The van der Waals surface area contributed by atoms with Gasteiger partial charge in [-0.1, -0.05) is 13.3 Å². The topological polar surface area (TPSA) is 32.3 Å². The minimum Gasteiger partial charge on any atom is -0.395 e. The first-order valence-corrected chi connectivity index (χ1v) is 5.21. The number of rotatable bonds is 4. The van der Waals surface area contributed by atoms with E-state index in [0.29, 0.717) is 6.04 Å². The molecule has 0 aromatic carbocycles. The third kappa shape index (κ3) is 3.11. The van der Waals surface area contributed by atoms with Crippen LogP contribution in [0.4, 0.5) is 0 Å². The average molecular weight is 171 g/mol. The molecule has 2 heteroatoms. The molecule has 0 heterocycles. The fourth-order valence-corrected chi connectivity index (χ4v) is 2.04. The number of nitrogens with one attached hydrogen (secondary N) is 1. The van der Waals surface area contributed by atoms with Gasteiger partial charge >= 0.3 is 0 Å². The van der Waals surface area contributed by atoms with Gasteiger partial charge in [-0.3, -0.25) is 0 Å². The molecule has 2 nitrogen and oxygen atoms in total. The SMILES string of the molecule is CCC1CCC(NCCO)CC1. The fraction of sp³-hybridized carbons (Fsp3) is 1.00. The Morgan fingerprint density at radius 3 is 2.42 bits per heavy atom.